The second kappa shape index (κ2) is 6.13. The van der Waals surface area contributed by atoms with Crippen molar-refractivity contribution in [3.05, 3.63) is 23.8 Å². The Morgan fingerprint density at radius 1 is 1.18 bits per heavy atom. The highest BCUT2D eigenvalue weighted by Gasteiger charge is 2.16. The van der Waals surface area contributed by atoms with Crippen LogP contribution in [0.3, 0.4) is 0 Å². The Hall–Kier alpha value is -1.71. The minimum absolute atomic E-state index is 0.0554. The predicted molar refractivity (Wildman–Crippen MR) is 67.4 cm³/mol. The average Bonchev–Trinajstić information content (AvgIpc) is 2.34. The van der Waals surface area contributed by atoms with Crippen LogP contribution in [0.4, 0.5) is 0 Å². The molecule has 1 atom stereocenters. The van der Waals surface area contributed by atoms with Crippen LogP contribution in [0.5, 0.6) is 11.5 Å². The van der Waals surface area contributed by atoms with Crippen molar-refractivity contribution in [2.24, 2.45) is 11.1 Å². The first kappa shape index (κ1) is 13.4. The van der Waals surface area contributed by atoms with E-state index in [0.29, 0.717) is 17.4 Å². The van der Waals surface area contributed by atoms with Gasteiger partial charge < -0.3 is 14.7 Å². The Morgan fingerprint density at radius 2 is 1.82 bits per heavy atom. The molecule has 0 spiro atoms. The highest BCUT2D eigenvalue weighted by atomic mass is 16.5. The lowest BCUT2D eigenvalue weighted by atomic mass is 9.89. The van der Waals surface area contributed by atoms with E-state index in [9.17, 15) is 0 Å². The van der Waals surface area contributed by atoms with Gasteiger partial charge in [-0.1, -0.05) is 19.9 Å². The van der Waals surface area contributed by atoms with Crippen LogP contribution < -0.4 is 9.47 Å². The number of nitrogens with zero attached hydrogens (tertiary/aromatic N) is 1. The number of benzene rings is 1. The monoisotopic (exact) mass is 237 g/mol. The van der Waals surface area contributed by atoms with Crippen LogP contribution >= 0.6 is 0 Å². The Morgan fingerprint density at radius 3 is 2.29 bits per heavy atom. The lowest BCUT2D eigenvalue weighted by Crippen LogP contribution is -2.08. The number of hydrogen-bond acceptors (Lipinski definition) is 4. The Bertz CT molecular complexity index is 388. The fourth-order valence-corrected chi connectivity index (χ4v) is 1.78. The zero-order valence-corrected chi connectivity index (χ0v) is 10.7. The minimum Gasteiger partial charge on any atom is -0.493 e. The summed E-state index contributed by atoms with van der Waals surface area (Å²) in [5.41, 5.74) is 1.04. The number of oxime groups is 1. The highest BCUT2D eigenvalue weighted by Crippen LogP contribution is 2.32. The summed E-state index contributed by atoms with van der Waals surface area (Å²) >= 11 is 0. The molecular weight excluding hydrogens is 218 g/mol. The Labute approximate surface area is 102 Å². The Kier molecular flexibility index (Phi) is 4.82. The van der Waals surface area contributed by atoms with E-state index < -0.39 is 0 Å². The summed E-state index contributed by atoms with van der Waals surface area (Å²) in [5.74, 6) is 1.77. The van der Waals surface area contributed by atoms with Crippen LogP contribution in [0.25, 0.3) is 0 Å². The quantitative estimate of drug-likeness (QED) is 0.486. The number of methoxy groups -OCH3 is 2. The SMILES string of the molecule is COc1ccc(C(C=NO)C(C)C)cc1OC. The summed E-state index contributed by atoms with van der Waals surface area (Å²) in [6.45, 7) is 4.14. The van der Waals surface area contributed by atoms with Gasteiger partial charge in [0.1, 0.15) is 0 Å². The van der Waals surface area contributed by atoms with Crippen molar-refractivity contribution < 1.29 is 14.7 Å². The van der Waals surface area contributed by atoms with E-state index in [4.69, 9.17) is 14.7 Å². The second-order valence-electron chi connectivity index (χ2n) is 4.15. The van der Waals surface area contributed by atoms with E-state index >= 15 is 0 Å². The van der Waals surface area contributed by atoms with Crippen molar-refractivity contribution in [1.82, 2.24) is 0 Å². The van der Waals surface area contributed by atoms with Crippen LogP contribution in [0.1, 0.15) is 25.3 Å². The van der Waals surface area contributed by atoms with E-state index in [1.807, 2.05) is 18.2 Å². The molecule has 17 heavy (non-hydrogen) atoms. The van der Waals surface area contributed by atoms with Crippen molar-refractivity contribution in [1.29, 1.82) is 0 Å². The molecule has 1 rings (SSSR count). The topological polar surface area (TPSA) is 51.0 Å². The van der Waals surface area contributed by atoms with Crippen molar-refractivity contribution in [3.63, 3.8) is 0 Å². The first-order valence-corrected chi connectivity index (χ1v) is 5.53. The fraction of sp³-hybridized carbons (Fsp3) is 0.462. The van der Waals surface area contributed by atoms with Gasteiger partial charge in [-0.05, 0) is 23.6 Å². The molecule has 1 aromatic rings. The van der Waals surface area contributed by atoms with Gasteiger partial charge in [0, 0.05) is 5.92 Å². The zero-order valence-electron chi connectivity index (χ0n) is 10.7. The summed E-state index contributed by atoms with van der Waals surface area (Å²) in [6.07, 6.45) is 1.53. The maximum absolute atomic E-state index is 8.69. The third-order valence-corrected chi connectivity index (χ3v) is 2.74. The van der Waals surface area contributed by atoms with Crippen LogP contribution in [-0.4, -0.2) is 25.6 Å². The lowest BCUT2D eigenvalue weighted by Gasteiger charge is -2.17. The van der Waals surface area contributed by atoms with Crippen molar-refractivity contribution in [2.45, 2.75) is 19.8 Å². The van der Waals surface area contributed by atoms with Gasteiger partial charge in [0.15, 0.2) is 11.5 Å². The molecular formula is C13H19NO3. The molecule has 1 N–H and O–H groups in total. The van der Waals surface area contributed by atoms with Gasteiger partial charge in [0.2, 0.25) is 0 Å². The minimum atomic E-state index is 0.0554. The molecule has 0 bridgehead atoms. The molecule has 0 aliphatic carbocycles. The first-order valence-electron chi connectivity index (χ1n) is 5.53. The molecule has 4 heteroatoms. The molecule has 0 saturated carbocycles. The van der Waals surface area contributed by atoms with E-state index in [1.165, 1.54) is 6.21 Å². The molecule has 0 radical (unpaired) electrons. The fourth-order valence-electron chi connectivity index (χ4n) is 1.78. The van der Waals surface area contributed by atoms with Crippen molar-refractivity contribution in [3.8, 4) is 11.5 Å². The second-order valence-corrected chi connectivity index (χ2v) is 4.15. The third kappa shape index (κ3) is 3.12. The predicted octanol–water partition coefficient (Wildman–Crippen LogP) is 2.90. The van der Waals surface area contributed by atoms with Gasteiger partial charge in [-0.2, -0.15) is 0 Å². The first-order chi connectivity index (χ1) is 8.13. The lowest BCUT2D eigenvalue weighted by molar-refractivity contribution is 0.318. The van der Waals surface area contributed by atoms with Crippen molar-refractivity contribution in [2.75, 3.05) is 14.2 Å². The summed E-state index contributed by atoms with van der Waals surface area (Å²) in [6, 6.07) is 5.72. The van der Waals surface area contributed by atoms with E-state index in [-0.39, 0.29) is 5.92 Å². The van der Waals surface area contributed by atoms with Crippen LogP contribution in [0.15, 0.2) is 23.4 Å². The summed E-state index contributed by atoms with van der Waals surface area (Å²) in [4.78, 5) is 0. The van der Waals surface area contributed by atoms with E-state index in [0.717, 1.165) is 5.56 Å². The molecule has 0 fully saturated rings. The molecule has 0 aliphatic rings. The molecule has 0 heterocycles. The van der Waals surface area contributed by atoms with Gasteiger partial charge in [0.25, 0.3) is 0 Å². The Balaban J connectivity index is 3.12. The molecule has 0 aliphatic heterocycles. The molecule has 0 aromatic heterocycles. The molecule has 94 valence electrons. The molecule has 1 unspecified atom stereocenters. The van der Waals surface area contributed by atoms with Gasteiger partial charge >= 0.3 is 0 Å². The molecule has 4 nitrogen and oxygen atoms in total. The third-order valence-electron chi connectivity index (χ3n) is 2.74. The van der Waals surface area contributed by atoms with Gasteiger partial charge in [-0.25, -0.2) is 0 Å². The summed E-state index contributed by atoms with van der Waals surface area (Å²) in [5, 5.41) is 11.8. The van der Waals surface area contributed by atoms with Gasteiger partial charge in [0.05, 0.1) is 20.4 Å². The maximum atomic E-state index is 8.69. The average molecular weight is 237 g/mol. The van der Waals surface area contributed by atoms with Crippen LogP contribution in [0, 0.1) is 5.92 Å². The normalized spacial score (nSPS) is 13.0. The van der Waals surface area contributed by atoms with E-state index in [2.05, 4.69) is 19.0 Å². The summed E-state index contributed by atoms with van der Waals surface area (Å²) < 4.78 is 10.4. The maximum Gasteiger partial charge on any atom is 0.161 e. The largest absolute Gasteiger partial charge is 0.493 e. The molecule has 0 amide bonds. The van der Waals surface area contributed by atoms with Crippen molar-refractivity contribution >= 4 is 6.21 Å². The number of rotatable bonds is 5. The standard InChI is InChI=1S/C13H19NO3/c1-9(2)11(8-14-15)10-5-6-12(16-3)13(7-10)17-4/h5-9,11,15H,1-4H3. The molecule has 0 saturated heterocycles. The highest BCUT2D eigenvalue weighted by molar-refractivity contribution is 5.68. The smallest absolute Gasteiger partial charge is 0.161 e. The number of ether oxygens (including phenoxy) is 2. The van der Waals surface area contributed by atoms with Gasteiger partial charge in [-0.3, -0.25) is 0 Å². The van der Waals surface area contributed by atoms with Crippen LogP contribution in [-0.2, 0) is 0 Å². The summed E-state index contributed by atoms with van der Waals surface area (Å²) in [7, 11) is 3.21. The van der Waals surface area contributed by atoms with Crippen LogP contribution in [0.2, 0.25) is 0 Å². The molecule has 1 aromatic carbocycles. The zero-order chi connectivity index (χ0) is 12.8. The van der Waals surface area contributed by atoms with E-state index in [1.54, 1.807) is 14.2 Å². The number of hydrogen-bond donors (Lipinski definition) is 1. The van der Waals surface area contributed by atoms with Gasteiger partial charge in [-0.15, -0.1) is 5.16 Å².